The third-order valence-corrected chi connectivity index (χ3v) is 2.74. The van der Waals surface area contributed by atoms with Crippen LogP contribution in [-0.4, -0.2) is 31.3 Å². The second kappa shape index (κ2) is 7.06. The number of nitrogens with zero attached hydrogens (tertiary/aromatic N) is 1. The SMILES string of the molecule is CCOCC(Nc1nc(OC)ccc1N)C(C)C. The van der Waals surface area contributed by atoms with Crippen molar-refractivity contribution in [3.63, 3.8) is 0 Å². The first kappa shape index (κ1) is 14.6. The minimum Gasteiger partial charge on any atom is -0.481 e. The first-order valence-electron chi connectivity index (χ1n) is 6.23. The molecule has 0 amide bonds. The van der Waals surface area contributed by atoms with Gasteiger partial charge in [-0.15, -0.1) is 0 Å². The smallest absolute Gasteiger partial charge is 0.215 e. The Labute approximate surface area is 109 Å². The zero-order valence-electron chi connectivity index (χ0n) is 11.6. The molecule has 0 aliphatic heterocycles. The highest BCUT2D eigenvalue weighted by molar-refractivity contribution is 5.62. The van der Waals surface area contributed by atoms with E-state index in [-0.39, 0.29) is 6.04 Å². The molecular formula is C13H23N3O2. The van der Waals surface area contributed by atoms with Crippen LogP contribution in [0.2, 0.25) is 0 Å². The third kappa shape index (κ3) is 4.07. The Hall–Kier alpha value is -1.49. The number of nitrogen functional groups attached to an aromatic ring is 1. The number of anilines is 2. The van der Waals surface area contributed by atoms with E-state index in [1.54, 1.807) is 19.2 Å². The number of pyridine rings is 1. The van der Waals surface area contributed by atoms with Gasteiger partial charge in [0.25, 0.3) is 0 Å². The summed E-state index contributed by atoms with van der Waals surface area (Å²) in [6.45, 7) is 7.58. The predicted molar refractivity (Wildman–Crippen MR) is 73.9 cm³/mol. The van der Waals surface area contributed by atoms with Crippen molar-refractivity contribution in [3.05, 3.63) is 12.1 Å². The average molecular weight is 253 g/mol. The first-order chi connectivity index (χ1) is 8.58. The minimum atomic E-state index is 0.173. The molecule has 1 atom stereocenters. The van der Waals surface area contributed by atoms with Gasteiger partial charge in [-0.1, -0.05) is 13.8 Å². The van der Waals surface area contributed by atoms with Crippen molar-refractivity contribution in [1.82, 2.24) is 4.98 Å². The lowest BCUT2D eigenvalue weighted by molar-refractivity contribution is 0.126. The molecule has 0 spiro atoms. The quantitative estimate of drug-likeness (QED) is 0.779. The lowest BCUT2D eigenvalue weighted by Crippen LogP contribution is -2.31. The van der Waals surface area contributed by atoms with Crippen LogP contribution in [0.25, 0.3) is 0 Å². The zero-order chi connectivity index (χ0) is 13.5. The van der Waals surface area contributed by atoms with Crippen molar-refractivity contribution in [3.8, 4) is 5.88 Å². The van der Waals surface area contributed by atoms with E-state index in [9.17, 15) is 0 Å². The van der Waals surface area contributed by atoms with Gasteiger partial charge in [0.2, 0.25) is 5.88 Å². The molecule has 18 heavy (non-hydrogen) atoms. The fourth-order valence-corrected chi connectivity index (χ4v) is 1.50. The highest BCUT2D eigenvalue weighted by atomic mass is 16.5. The van der Waals surface area contributed by atoms with Gasteiger partial charge in [-0.3, -0.25) is 0 Å². The fourth-order valence-electron chi connectivity index (χ4n) is 1.50. The molecular weight excluding hydrogens is 230 g/mol. The second-order valence-electron chi connectivity index (χ2n) is 4.45. The number of nitrogens with two attached hydrogens (primary N) is 1. The molecule has 0 radical (unpaired) electrons. The molecule has 1 rings (SSSR count). The zero-order valence-corrected chi connectivity index (χ0v) is 11.6. The monoisotopic (exact) mass is 253 g/mol. The molecule has 0 fully saturated rings. The average Bonchev–Trinajstić information content (AvgIpc) is 2.36. The molecule has 1 unspecified atom stereocenters. The summed E-state index contributed by atoms with van der Waals surface area (Å²) in [7, 11) is 1.59. The minimum absolute atomic E-state index is 0.173. The van der Waals surface area contributed by atoms with Crippen LogP contribution in [0, 0.1) is 5.92 Å². The van der Waals surface area contributed by atoms with E-state index in [1.165, 1.54) is 0 Å². The molecule has 0 aliphatic rings. The largest absolute Gasteiger partial charge is 0.481 e. The van der Waals surface area contributed by atoms with E-state index in [1.807, 2.05) is 6.92 Å². The molecule has 0 aromatic carbocycles. The second-order valence-corrected chi connectivity index (χ2v) is 4.45. The molecule has 102 valence electrons. The van der Waals surface area contributed by atoms with Gasteiger partial charge in [0.05, 0.1) is 25.4 Å². The topological polar surface area (TPSA) is 69.4 Å². The highest BCUT2D eigenvalue weighted by Gasteiger charge is 2.15. The van der Waals surface area contributed by atoms with Gasteiger partial charge in [0.15, 0.2) is 5.82 Å². The fraction of sp³-hybridized carbons (Fsp3) is 0.615. The van der Waals surface area contributed by atoms with Crippen LogP contribution in [0.4, 0.5) is 11.5 Å². The van der Waals surface area contributed by atoms with Crippen molar-refractivity contribution in [2.75, 3.05) is 31.4 Å². The van der Waals surface area contributed by atoms with Crippen LogP contribution in [0.15, 0.2) is 12.1 Å². The maximum absolute atomic E-state index is 5.90. The van der Waals surface area contributed by atoms with Gasteiger partial charge in [-0.2, -0.15) is 4.98 Å². The van der Waals surface area contributed by atoms with Crippen LogP contribution in [-0.2, 0) is 4.74 Å². The van der Waals surface area contributed by atoms with Crippen molar-refractivity contribution in [2.24, 2.45) is 5.92 Å². The molecule has 1 aromatic heterocycles. The van der Waals surface area contributed by atoms with Crippen molar-refractivity contribution < 1.29 is 9.47 Å². The Kier molecular flexibility index (Phi) is 5.71. The molecule has 0 saturated heterocycles. The number of nitrogens with one attached hydrogen (secondary N) is 1. The maximum atomic E-state index is 5.90. The third-order valence-electron chi connectivity index (χ3n) is 2.74. The van der Waals surface area contributed by atoms with Crippen LogP contribution in [0.1, 0.15) is 20.8 Å². The Balaban J connectivity index is 2.78. The van der Waals surface area contributed by atoms with Crippen LogP contribution in [0.5, 0.6) is 5.88 Å². The predicted octanol–water partition coefficient (Wildman–Crippen LogP) is 2.15. The number of rotatable bonds is 7. The van der Waals surface area contributed by atoms with Gasteiger partial charge in [0, 0.05) is 12.7 Å². The van der Waals surface area contributed by atoms with Gasteiger partial charge < -0.3 is 20.5 Å². The summed E-state index contributed by atoms with van der Waals surface area (Å²) in [6.07, 6.45) is 0. The van der Waals surface area contributed by atoms with E-state index in [0.717, 1.165) is 0 Å². The summed E-state index contributed by atoms with van der Waals surface area (Å²) in [6, 6.07) is 3.70. The van der Waals surface area contributed by atoms with E-state index in [0.29, 0.717) is 36.5 Å². The summed E-state index contributed by atoms with van der Waals surface area (Å²) in [5.74, 6) is 1.61. The molecule has 3 N–H and O–H groups in total. The summed E-state index contributed by atoms with van der Waals surface area (Å²) < 4.78 is 10.6. The summed E-state index contributed by atoms with van der Waals surface area (Å²) >= 11 is 0. The molecule has 5 heteroatoms. The molecule has 1 aromatic rings. The Morgan fingerprint density at radius 1 is 1.39 bits per heavy atom. The Bertz CT molecular complexity index is 369. The van der Waals surface area contributed by atoms with E-state index in [2.05, 4.69) is 24.1 Å². The number of hydrogen-bond acceptors (Lipinski definition) is 5. The number of aromatic nitrogens is 1. The van der Waals surface area contributed by atoms with Crippen molar-refractivity contribution in [2.45, 2.75) is 26.8 Å². The van der Waals surface area contributed by atoms with E-state index >= 15 is 0 Å². The van der Waals surface area contributed by atoms with Gasteiger partial charge in [-0.05, 0) is 18.9 Å². The Morgan fingerprint density at radius 2 is 2.11 bits per heavy atom. The summed E-state index contributed by atoms with van der Waals surface area (Å²) in [4.78, 5) is 4.31. The van der Waals surface area contributed by atoms with Crippen LogP contribution < -0.4 is 15.8 Å². The highest BCUT2D eigenvalue weighted by Crippen LogP contribution is 2.21. The number of methoxy groups -OCH3 is 1. The maximum Gasteiger partial charge on any atom is 0.215 e. The van der Waals surface area contributed by atoms with E-state index in [4.69, 9.17) is 15.2 Å². The van der Waals surface area contributed by atoms with Crippen LogP contribution >= 0.6 is 0 Å². The van der Waals surface area contributed by atoms with Gasteiger partial charge in [0.1, 0.15) is 0 Å². The molecule has 0 aliphatic carbocycles. The molecule has 5 nitrogen and oxygen atoms in total. The van der Waals surface area contributed by atoms with E-state index < -0.39 is 0 Å². The standard InChI is InChI=1S/C13H23N3O2/c1-5-18-8-11(9(2)3)15-13-10(14)6-7-12(16-13)17-4/h6-7,9,11H,5,8,14H2,1-4H3,(H,15,16). The first-order valence-corrected chi connectivity index (χ1v) is 6.23. The lowest BCUT2D eigenvalue weighted by atomic mass is 10.1. The normalized spacial score (nSPS) is 12.5. The van der Waals surface area contributed by atoms with Crippen LogP contribution in [0.3, 0.4) is 0 Å². The molecule has 1 heterocycles. The van der Waals surface area contributed by atoms with Gasteiger partial charge in [-0.25, -0.2) is 0 Å². The molecule has 0 bridgehead atoms. The summed E-state index contributed by atoms with van der Waals surface area (Å²) in [5.41, 5.74) is 6.51. The van der Waals surface area contributed by atoms with Crippen molar-refractivity contribution >= 4 is 11.5 Å². The Morgan fingerprint density at radius 3 is 2.67 bits per heavy atom. The van der Waals surface area contributed by atoms with Crippen molar-refractivity contribution in [1.29, 1.82) is 0 Å². The lowest BCUT2D eigenvalue weighted by Gasteiger charge is -2.23. The van der Waals surface area contributed by atoms with Gasteiger partial charge >= 0.3 is 0 Å². The molecule has 0 saturated carbocycles. The number of hydrogen-bond donors (Lipinski definition) is 2. The number of ether oxygens (including phenoxy) is 2. The summed E-state index contributed by atoms with van der Waals surface area (Å²) in [5, 5.41) is 3.32.